The molecule has 1 atom stereocenters. The maximum Gasteiger partial charge on any atom is 0.354 e. The van der Waals surface area contributed by atoms with Crippen molar-refractivity contribution in [3.8, 4) is 0 Å². The summed E-state index contributed by atoms with van der Waals surface area (Å²) < 4.78 is 0. The molecule has 1 unspecified atom stereocenters. The summed E-state index contributed by atoms with van der Waals surface area (Å²) in [6, 6.07) is 3.82. The number of rotatable bonds is 4. The van der Waals surface area contributed by atoms with Crippen LogP contribution in [0.2, 0.25) is 0 Å². The molecule has 7 nitrogen and oxygen atoms in total. The number of aromatic nitrogens is 2. The normalized spacial score (nSPS) is 17.2. The smallest absolute Gasteiger partial charge is 0.354 e. The lowest BCUT2D eigenvalue weighted by Gasteiger charge is -2.33. The van der Waals surface area contributed by atoms with Gasteiger partial charge < -0.3 is 20.1 Å². The predicted molar refractivity (Wildman–Crippen MR) is 83.5 cm³/mol. The average molecular weight is 335 g/mol. The highest BCUT2D eigenvalue weighted by atomic mass is 32.1. The van der Waals surface area contributed by atoms with Crippen LogP contribution in [0.3, 0.4) is 0 Å². The first-order valence-corrected chi connectivity index (χ1v) is 8.23. The molecule has 2 aromatic heterocycles. The lowest BCUT2D eigenvalue weighted by Crippen LogP contribution is -2.40. The van der Waals surface area contributed by atoms with Gasteiger partial charge in [-0.15, -0.1) is 11.3 Å². The van der Waals surface area contributed by atoms with E-state index in [1.165, 1.54) is 17.7 Å². The van der Waals surface area contributed by atoms with Gasteiger partial charge in [-0.1, -0.05) is 6.07 Å². The van der Waals surface area contributed by atoms with Crippen molar-refractivity contribution < 1.29 is 19.8 Å². The number of nitrogens with one attached hydrogen (secondary N) is 1. The predicted octanol–water partition coefficient (Wildman–Crippen LogP) is 1.76. The summed E-state index contributed by atoms with van der Waals surface area (Å²) in [5.74, 6) is -1.47. The largest absolute Gasteiger partial charge is 0.477 e. The minimum Gasteiger partial charge on any atom is -0.477 e. The van der Waals surface area contributed by atoms with Crippen LogP contribution in [-0.4, -0.2) is 50.0 Å². The summed E-state index contributed by atoms with van der Waals surface area (Å²) in [7, 11) is 0. The Kier molecular flexibility index (Phi) is 4.44. The van der Waals surface area contributed by atoms with Crippen LogP contribution in [0, 0.1) is 5.92 Å². The van der Waals surface area contributed by atoms with E-state index in [1.54, 1.807) is 4.90 Å². The van der Waals surface area contributed by atoms with Gasteiger partial charge in [-0.25, -0.2) is 9.78 Å². The molecule has 23 heavy (non-hydrogen) atoms. The van der Waals surface area contributed by atoms with E-state index >= 15 is 0 Å². The van der Waals surface area contributed by atoms with Crippen molar-refractivity contribution in [2.24, 2.45) is 5.92 Å². The third-order valence-electron chi connectivity index (χ3n) is 4.16. The monoisotopic (exact) mass is 335 g/mol. The van der Waals surface area contributed by atoms with Crippen molar-refractivity contribution in [2.75, 3.05) is 13.1 Å². The van der Waals surface area contributed by atoms with Gasteiger partial charge >= 0.3 is 5.97 Å². The Morgan fingerprint density at radius 3 is 2.74 bits per heavy atom. The first-order valence-electron chi connectivity index (χ1n) is 7.35. The van der Waals surface area contributed by atoms with Gasteiger partial charge in [0.15, 0.2) is 11.4 Å². The van der Waals surface area contributed by atoms with E-state index in [1.807, 2.05) is 17.5 Å². The number of nitrogens with zero attached hydrogens (tertiary/aromatic N) is 2. The zero-order valence-corrected chi connectivity index (χ0v) is 13.1. The molecule has 1 saturated heterocycles. The number of aromatic carboxylic acids is 1. The van der Waals surface area contributed by atoms with Crippen molar-refractivity contribution in [1.29, 1.82) is 0 Å². The Morgan fingerprint density at radius 1 is 1.39 bits per heavy atom. The molecule has 0 aromatic carbocycles. The van der Waals surface area contributed by atoms with Crippen LogP contribution in [0.25, 0.3) is 0 Å². The molecule has 1 fully saturated rings. The van der Waals surface area contributed by atoms with Gasteiger partial charge in [-0.05, 0) is 30.2 Å². The number of aromatic amines is 1. The molecule has 0 saturated carbocycles. The number of H-pyrrole nitrogens is 1. The van der Waals surface area contributed by atoms with Crippen molar-refractivity contribution in [1.82, 2.24) is 14.9 Å². The topological polar surface area (TPSA) is 107 Å². The van der Waals surface area contributed by atoms with Gasteiger partial charge in [0, 0.05) is 18.0 Å². The molecule has 0 radical (unpaired) electrons. The number of imidazole rings is 1. The molecule has 2 aromatic rings. The molecular formula is C15H17N3O4S. The molecular weight excluding hydrogens is 318 g/mol. The van der Waals surface area contributed by atoms with E-state index in [4.69, 9.17) is 5.11 Å². The maximum atomic E-state index is 12.4. The van der Waals surface area contributed by atoms with E-state index in [-0.39, 0.29) is 23.2 Å². The number of carbonyl (C=O) groups is 2. The molecule has 8 heteroatoms. The minimum atomic E-state index is -1.20. The highest BCUT2D eigenvalue weighted by Crippen LogP contribution is 2.33. The van der Waals surface area contributed by atoms with E-state index in [9.17, 15) is 14.7 Å². The zero-order valence-electron chi connectivity index (χ0n) is 12.3. The summed E-state index contributed by atoms with van der Waals surface area (Å²) in [5, 5.41) is 21.4. The molecule has 1 aliphatic heterocycles. The SMILES string of the molecule is O=C(O)c1[nH]cnc1C(=O)N1CCC(C(O)c2cccs2)CC1. The molecule has 0 bridgehead atoms. The van der Waals surface area contributed by atoms with Crippen LogP contribution in [-0.2, 0) is 0 Å². The number of thiophene rings is 1. The van der Waals surface area contributed by atoms with Crippen LogP contribution in [0.15, 0.2) is 23.8 Å². The maximum absolute atomic E-state index is 12.4. The van der Waals surface area contributed by atoms with Crippen LogP contribution in [0.5, 0.6) is 0 Å². The van der Waals surface area contributed by atoms with E-state index in [0.717, 1.165) is 4.88 Å². The number of amides is 1. The van der Waals surface area contributed by atoms with Crippen LogP contribution in [0.1, 0.15) is 44.8 Å². The number of hydrogen-bond donors (Lipinski definition) is 3. The first-order chi connectivity index (χ1) is 11.1. The summed E-state index contributed by atoms with van der Waals surface area (Å²) in [6.45, 7) is 0.968. The molecule has 3 N–H and O–H groups in total. The van der Waals surface area contributed by atoms with Crippen molar-refractivity contribution in [3.63, 3.8) is 0 Å². The van der Waals surface area contributed by atoms with Crippen molar-refractivity contribution in [2.45, 2.75) is 18.9 Å². The summed E-state index contributed by atoms with van der Waals surface area (Å²) in [4.78, 5) is 32.3. The van der Waals surface area contributed by atoms with Gasteiger partial charge in [0.25, 0.3) is 5.91 Å². The van der Waals surface area contributed by atoms with Crippen molar-refractivity contribution >= 4 is 23.2 Å². The average Bonchev–Trinajstić information content (AvgIpc) is 3.24. The Balaban J connectivity index is 1.63. The third-order valence-corrected chi connectivity index (χ3v) is 5.11. The highest BCUT2D eigenvalue weighted by Gasteiger charge is 2.31. The summed E-state index contributed by atoms with van der Waals surface area (Å²) >= 11 is 1.53. The number of aliphatic hydroxyl groups excluding tert-OH is 1. The van der Waals surface area contributed by atoms with Gasteiger partial charge in [0.1, 0.15) is 0 Å². The second-order valence-corrected chi connectivity index (χ2v) is 6.50. The first kappa shape index (κ1) is 15.7. The van der Waals surface area contributed by atoms with Crippen LogP contribution < -0.4 is 0 Å². The Morgan fingerprint density at radius 2 is 2.13 bits per heavy atom. The third kappa shape index (κ3) is 3.13. The molecule has 3 heterocycles. The van der Waals surface area contributed by atoms with Crippen molar-refractivity contribution in [3.05, 3.63) is 40.1 Å². The number of carbonyl (C=O) groups excluding carboxylic acids is 1. The quantitative estimate of drug-likeness (QED) is 0.789. The second-order valence-electron chi connectivity index (χ2n) is 5.52. The Hall–Kier alpha value is -2.19. The van der Waals surface area contributed by atoms with Gasteiger partial charge in [0.05, 0.1) is 12.4 Å². The molecule has 0 spiro atoms. The van der Waals surface area contributed by atoms with Gasteiger partial charge in [-0.2, -0.15) is 0 Å². The van der Waals surface area contributed by atoms with E-state index in [2.05, 4.69) is 9.97 Å². The lowest BCUT2D eigenvalue weighted by atomic mass is 9.90. The number of piperidine rings is 1. The molecule has 1 aliphatic rings. The lowest BCUT2D eigenvalue weighted by molar-refractivity contribution is 0.0466. The zero-order chi connectivity index (χ0) is 16.4. The Labute approximate surface area is 136 Å². The Bertz CT molecular complexity index is 689. The molecule has 122 valence electrons. The minimum absolute atomic E-state index is 0.0604. The fourth-order valence-electron chi connectivity index (χ4n) is 2.88. The number of carboxylic acids is 1. The number of hydrogen-bond acceptors (Lipinski definition) is 5. The number of likely N-dealkylation sites (tertiary alicyclic amines) is 1. The number of carboxylic acid groups (broad SMARTS) is 1. The molecule has 3 rings (SSSR count). The van der Waals surface area contributed by atoms with Gasteiger partial charge in [0.2, 0.25) is 0 Å². The second kappa shape index (κ2) is 6.51. The standard InChI is InChI=1S/C15H17N3O4S/c19-13(10-2-1-7-23-10)9-3-5-18(6-4-9)14(20)11-12(15(21)22)17-8-16-11/h1-2,7-9,13,19H,3-6H2,(H,16,17)(H,21,22). The van der Waals surface area contributed by atoms with E-state index in [0.29, 0.717) is 25.9 Å². The number of aliphatic hydroxyl groups is 1. The van der Waals surface area contributed by atoms with Crippen LogP contribution in [0.4, 0.5) is 0 Å². The fourth-order valence-corrected chi connectivity index (χ4v) is 3.68. The molecule has 0 aliphatic carbocycles. The highest BCUT2D eigenvalue weighted by molar-refractivity contribution is 7.10. The summed E-state index contributed by atoms with van der Waals surface area (Å²) in [6.07, 6.45) is 2.06. The van der Waals surface area contributed by atoms with Gasteiger partial charge in [-0.3, -0.25) is 4.79 Å². The molecule has 1 amide bonds. The van der Waals surface area contributed by atoms with Crippen LogP contribution >= 0.6 is 11.3 Å². The fraction of sp³-hybridized carbons (Fsp3) is 0.400. The van der Waals surface area contributed by atoms with E-state index < -0.39 is 12.1 Å². The summed E-state index contributed by atoms with van der Waals surface area (Å²) in [5.41, 5.74) is -0.245.